The molecule has 1 aliphatic rings. The van der Waals surface area contributed by atoms with Crippen LogP contribution in [0.25, 0.3) is 11.3 Å². The van der Waals surface area contributed by atoms with E-state index in [-0.39, 0.29) is 12.5 Å². The van der Waals surface area contributed by atoms with Crippen molar-refractivity contribution in [3.63, 3.8) is 0 Å². The summed E-state index contributed by atoms with van der Waals surface area (Å²) < 4.78 is 1.76. The maximum atomic E-state index is 11.0. The van der Waals surface area contributed by atoms with Crippen molar-refractivity contribution in [1.29, 1.82) is 0 Å². The molecule has 5 heteroatoms. The summed E-state index contributed by atoms with van der Waals surface area (Å²) in [6, 6.07) is 4.13. The first-order valence-corrected chi connectivity index (χ1v) is 6.57. The molecule has 1 saturated carbocycles. The first-order valence-electron chi connectivity index (χ1n) is 5.62. The van der Waals surface area contributed by atoms with Gasteiger partial charge in [0, 0.05) is 22.6 Å². The Bertz CT molecular complexity index is 540. The Kier molecular flexibility index (Phi) is 2.48. The third-order valence-electron chi connectivity index (χ3n) is 2.93. The van der Waals surface area contributed by atoms with Gasteiger partial charge in [-0.1, -0.05) is 0 Å². The van der Waals surface area contributed by atoms with E-state index < -0.39 is 0 Å². The summed E-state index contributed by atoms with van der Waals surface area (Å²) >= 11 is 1.65. The topological polar surface area (TPSA) is 60.9 Å². The van der Waals surface area contributed by atoms with Crippen LogP contribution in [0.2, 0.25) is 0 Å². The molecule has 0 aromatic carbocycles. The fraction of sp³-hybridized carbons (Fsp3) is 0.333. The highest BCUT2D eigenvalue weighted by atomic mass is 32.1. The molecular weight excluding hydrogens is 234 g/mol. The second kappa shape index (κ2) is 4.00. The van der Waals surface area contributed by atoms with E-state index in [1.54, 1.807) is 16.0 Å². The number of hydrogen-bond acceptors (Lipinski definition) is 3. The van der Waals surface area contributed by atoms with E-state index in [1.807, 2.05) is 11.4 Å². The standard InChI is InChI=1S/C12H13N3OS/c13-12(16)6-15-11(8-1-2-8)5-10(14-15)9-3-4-17-7-9/h3-5,7-8H,1-2,6H2,(H2,13,16). The number of rotatable bonds is 4. The summed E-state index contributed by atoms with van der Waals surface area (Å²) in [7, 11) is 0. The van der Waals surface area contributed by atoms with Crippen LogP contribution in [0.3, 0.4) is 0 Å². The van der Waals surface area contributed by atoms with Crippen molar-refractivity contribution in [3.05, 3.63) is 28.6 Å². The number of nitrogens with zero attached hydrogens (tertiary/aromatic N) is 2. The largest absolute Gasteiger partial charge is 0.368 e. The van der Waals surface area contributed by atoms with Crippen molar-refractivity contribution in [2.75, 3.05) is 0 Å². The molecule has 88 valence electrons. The number of carbonyl (C=O) groups excluding carboxylic acids is 1. The molecule has 0 atom stereocenters. The molecule has 2 aromatic heterocycles. The van der Waals surface area contributed by atoms with E-state index in [0.29, 0.717) is 5.92 Å². The van der Waals surface area contributed by atoms with E-state index >= 15 is 0 Å². The van der Waals surface area contributed by atoms with Crippen LogP contribution in [0.5, 0.6) is 0 Å². The normalized spacial score (nSPS) is 15.1. The Morgan fingerprint density at radius 1 is 1.59 bits per heavy atom. The summed E-state index contributed by atoms with van der Waals surface area (Å²) in [6.07, 6.45) is 2.38. The van der Waals surface area contributed by atoms with Gasteiger partial charge in [-0.3, -0.25) is 9.48 Å². The maximum Gasteiger partial charge on any atom is 0.239 e. The third-order valence-corrected chi connectivity index (χ3v) is 3.61. The minimum absolute atomic E-state index is 0.177. The molecule has 1 fully saturated rings. The van der Waals surface area contributed by atoms with Crippen LogP contribution >= 0.6 is 11.3 Å². The van der Waals surface area contributed by atoms with Gasteiger partial charge in [0.2, 0.25) is 5.91 Å². The van der Waals surface area contributed by atoms with Gasteiger partial charge in [-0.15, -0.1) is 0 Å². The summed E-state index contributed by atoms with van der Waals surface area (Å²) in [4.78, 5) is 11.0. The molecule has 1 amide bonds. The number of hydrogen-bond donors (Lipinski definition) is 1. The molecular formula is C12H13N3OS. The highest BCUT2D eigenvalue weighted by Gasteiger charge is 2.28. The number of thiophene rings is 1. The van der Waals surface area contributed by atoms with Gasteiger partial charge in [0.05, 0.1) is 5.69 Å². The zero-order valence-corrected chi connectivity index (χ0v) is 10.1. The van der Waals surface area contributed by atoms with Crippen LogP contribution in [0.1, 0.15) is 24.5 Å². The lowest BCUT2D eigenvalue weighted by molar-refractivity contribution is -0.118. The van der Waals surface area contributed by atoms with E-state index in [0.717, 1.165) is 17.0 Å². The minimum atomic E-state index is -0.341. The van der Waals surface area contributed by atoms with Crippen molar-refractivity contribution >= 4 is 17.2 Å². The average Bonchev–Trinajstić information content (AvgIpc) is 2.83. The monoisotopic (exact) mass is 247 g/mol. The second-order valence-electron chi connectivity index (χ2n) is 4.36. The second-order valence-corrected chi connectivity index (χ2v) is 5.14. The van der Waals surface area contributed by atoms with Crippen molar-refractivity contribution in [3.8, 4) is 11.3 Å². The smallest absolute Gasteiger partial charge is 0.239 e. The Hall–Kier alpha value is -1.62. The van der Waals surface area contributed by atoms with Gasteiger partial charge in [0.1, 0.15) is 6.54 Å². The summed E-state index contributed by atoms with van der Waals surface area (Å²) in [5.41, 5.74) is 8.44. The maximum absolute atomic E-state index is 11.0. The Labute approximate surface area is 103 Å². The predicted octanol–water partition coefficient (Wildman–Crippen LogP) is 1.97. The number of amides is 1. The zero-order valence-electron chi connectivity index (χ0n) is 9.30. The van der Waals surface area contributed by atoms with Crippen LogP contribution in [-0.2, 0) is 11.3 Å². The van der Waals surface area contributed by atoms with Gasteiger partial charge in [-0.05, 0) is 30.4 Å². The molecule has 3 rings (SSSR count). The van der Waals surface area contributed by atoms with Gasteiger partial charge in [-0.25, -0.2) is 0 Å². The SMILES string of the molecule is NC(=O)Cn1nc(-c2ccsc2)cc1C1CC1. The number of primary amides is 1. The zero-order chi connectivity index (χ0) is 11.8. The van der Waals surface area contributed by atoms with Gasteiger partial charge in [-0.2, -0.15) is 16.4 Å². The predicted molar refractivity (Wildman–Crippen MR) is 66.7 cm³/mol. The number of aromatic nitrogens is 2. The molecule has 2 N–H and O–H groups in total. The molecule has 2 heterocycles. The van der Waals surface area contributed by atoms with Crippen LogP contribution in [0, 0.1) is 0 Å². The molecule has 0 bridgehead atoms. The molecule has 0 unspecified atom stereocenters. The number of carbonyl (C=O) groups is 1. The van der Waals surface area contributed by atoms with Crippen molar-refractivity contribution < 1.29 is 4.79 Å². The lowest BCUT2D eigenvalue weighted by Gasteiger charge is -2.02. The Balaban J connectivity index is 1.98. The molecule has 0 aliphatic heterocycles. The molecule has 4 nitrogen and oxygen atoms in total. The third kappa shape index (κ3) is 2.10. The van der Waals surface area contributed by atoms with Crippen molar-refractivity contribution in [2.45, 2.75) is 25.3 Å². The lowest BCUT2D eigenvalue weighted by atomic mass is 10.2. The van der Waals surface area contributed by atoms with Gasteiger partial charge in [0.25, 0.3) is 0 Å². The summed E-state index contributed by atoms with van der Waals surface area (Å²) in [5.74, 6) is 0.223. The molecule has 0 radical (unpaired) electrons. The van der Waals surface area contributed by atoms with Gasteiger partial charge in [0.15, 0.2) is 0 Å². The Morgan fingerprint density at radius 2 is 2.41 bits per heavy atom. The van der Waals surface area contributed by atoms with E-state index in [4.69, 9.17) is 5.73 Å². The van der Waals surface area contributed by atoms with Crippen LogP contribution < -0.4 is 5.73 Å². The highest BCUT2D eigenvalue weighted by Crippen LogP contribution is 2.41. The highest BCUT2D eigenvalue weighted by molar-refractivity contribution is 7.08. The first kappa shape index (κ1) is 10.5. The van der Waals surface area contributed by atoms with Gasteiger partial charge >= 0.3 is 0 Å². The fourth-order valence-corrected chi connectivity index (χ4v) is 2.61. The summed E-state index contributed by atoms with van der Waals surface area (Å²) in [6.45, 7) is 0.177. The Morgan fingerprint density at radius 3 is 3.00 bits per heavy atom. The molecule has 2 aromatic rings. The molecule has 17 heavy (non-hydrogen) atoms. The lowest BCUT2D eigenvalue weighted by Crippen LogP contribution is -2.20. The minimum Gasteiger partial charge on any atom is -0.368 e. The molecule has 0 saturated heterocycles. The van der Waals surface area contributed by atoms with Crippen molar-refractivity contribution in [1.82, 2.24) is 9.78 Å². The quantitative estimate of drug-likeness (QED) is 0.898. The summed E-state index contributed by atoms with van der Waals surface area (Å²) in [5, 5.41) is 8.57. The van der Waals surface area contributed by atoms with Gasteiger partial charge < -0.3 is 5.73 Å². The van der Waals surface area contributed by atoms with Crippen LogP contribution in [0.4, 0.5) is 0 Å². The first-order chi connectivity index (χ1) is 8.24. The van der Waals surface area contributed by atoms with E-state index in [2.05, 4.69) is 16.5 Å². The van der Waals surface area contributed by atoms with Crippen LogP contribution in [-0.4, -0.2) is 15.7 Å². The van der Waals surface area contributed by atoms with E-state index in [1.165, 1.54) is 12.8 Å². The number of nitrogens with two attached hydrogens (primary N) is 1. The average molecular weight is 247 g/mol. The fourth-order valence-electron chi connectivity index (χ4n) is 1.96. The molecule has 1 aliphatic carbocycles. The molecule has 0 spiro atoms. The van der Waals surface area contributed by atoms with Crippen molar-refractivity contribution in [2.24, 2.45) is 5.73 Å². The van der Waals surface area contributed by atoms with E-state index in [9.17, 15) is 4.79 Å². The van der Waals surface area contributed by atoms with Crippen LogP contribution in [0.15, 0.2) is 22.9 Å².